The summed E-state index contributed by atoms with van der Waals surface area (Å²) in [5.41, 5.74) is -0.122. The average Bonchev–Trinajstić information content (AvgIpc) is 2.33. The molecular formula is C10H12N4O3. The number of nitrogens with zero attached hydrogens (tertiary/aromatic N) is 2. The molecule has 90 valence electrons. The second-order valence-corrected chi connectivity index (χ2v) is 3.72. The van der Waals surface area contributed by atoms with Crippen LogP contribution in [0.4, 0.5) is 5.82 Å². The molecule has 1 saturated heterocycles. The molecule has 1 atom stereocenters. The summed E-state index contributed by atoms with van der Waals surface area (Å²) in [6, 6.07) is -0.325. The van der Waals surface area contributed by atoms with E-state index in [1.807, 2.05) is 0 Å². The monoisotopic (exact) mass is 236 g/mol. The van der Waals surface area contributed by atoms with Gasteiger partial charge in [-0.3, -0.25) is 4.79 Å². The SMILES string of the molecule is O=C(O)c1cnc(NC2CCCNC2=O)cn1. The number of carbonyl (C=O) groups is 2. The standard InChI is InChI=1S/C10H12N4O3/c15-9-6(2-1-3-11-9)14-8-5-12-7(4-13-8)10(16)17/h4-6H,1-3H2,(H,11,15)(H,13,14)(H,16,17). The summed E-state index contributed by atoms with van der Waals surface area (Å²) in [7, 11) is 0. The highest BCUT2D eigenvalue weighted by Crippen LogP contribution is 2.10. The maximum absolute atomic E-state index is 11.5. The lowest BCUT2D eigenvalue weighted by atomic mass is 10.1. The first-order chi connectivity index (χ1) is 8.16. The lowest BCUT2D eigenvalue weighted by Gasteiger charge is -2.22. The highest BCUT2D eigenvalue weighted by Gasteiger charge is 2.21. The fraction of sp³-hybridized carbons (Fsp3) is 0.400. The number of carbonyl (C=O) groups excluding carboxylic acids is 1. The number of hydrogen-bond acceptors (Lipinski definition) is 5. The molecular weight excluding hydrogens is 224 g/mol. The van der Waals surface area contributed by atoms with Crippen LogP contribution < -0.4 is 10.6 Å². The van der Waals surface area contributed by atoms with Crippen LogP contribution in [0.3, 0.4) is 0 Å². The number of amides is 1. The van der Waals surface area contributed by atoms with E-state index >= 15 is 0 Å². The lowest BCUT2D eigenvalue weighted by Crippen LogP contribution is -2.44. The number of piperidine rings is 1. The maximum atomic E-state index is 11.5. The average molecular weight is 236 g/mol. The summed E-state index contributed by atoms with van der Waals surface area (Å²) in [6.07, 6.45) is 4.11. The minimum Gasteiger partial charge on any atom is -0.476 e. The van der Waals surface area contributed by atoms with Crippen molar-refractivity contribution in [3.8, 4) is 0 Å². The topological polar surface area (TPSA) is 104 Å². The van der Waals surface area contributed by atoms with Crippen molar-refractivity contribution in [2.24, 2.45) is 0 Å². The molecule has 1 unspecified atom stereocenters. The number of nitrogens with one attached hydrogen (secondary N) is 2. The van der Waals surface area contributed by atoms with Gasteiger partial charge in [-0.1, -0.05) is 0 Å². The Morgan fingerprint density at radius 1 is 1.47 bits per heavy atom. The minimum absolute atomic E-state index is 0.0691. The predicted molar refractivity (Wildman–Crippen MR) is 58.6 cm³/mol. The lowest BCUT2D eigenvalue weighted by molar-refractivity contribution is -0.123. The molecule has 0 radical (unpaired) electrons. The predicted octanol–water partition coefficient (Wildman–Crippen LogP) is -0.135. The Labute approximate surface area is 97.3 Å². The number of hydrogen-bond donors (Lipinski definition) is 3. The number of aromatic nitrogens is 2. The van der Waals surface area contributed by atoms with E-state index in [0.717, 1.165) is 19.0 Å². The van der Waals surface area contributed by atoms with Crippen molar-refractivity contribution in [1.82, 2.24) is 15.3 Å². The summed E-state index contributed by atoms with van der Waals surface area (Å²) >= 11 is 0. The van der Waals surface area contributed by atoms with E-state index in [4.69, 9.17) is 5.11 Å². The number of rotatable bonds is 3. The van der Waals surface area contributed by atoms with E-state index in [0.29, 0.717) is 12.4 Å². The van der Waals surface area contributed by atoms with Gasteiger partial charge in [0.2, 0.25) is 5.91 Å². The van der Waals surface area contributed by atoms with Crippen molar-refractivity contribution in [2.45, 2.75) is 18.9 Å². The molecule has 0 spiro atoms. The molecule has 0 aliphatic carbocycles. The zero-order valence-electron chi connectivity index (χ0n) is 9.01. The van der Waals surface area contributed by atoms with Crippen molar-refractivity contribution in [2.75, 3.05) is 11.9 Å². The quantitative estimate of drug-likeness (QED) is 0.675. The van der Waals surface area contributed by atoms with Gasteiger partial charge in [-0.2, -0.15) is 0 Å². The second-order valence-electron chi connectivity index (χ2n) is 3.72. The fourth-order valence-corrected chi connectivity index (χ4v) is 1.60. The van der Waals surface area contributed by atoms with Gasteiger partial charge in [-0.15, -0.1) is 0 Å². The van der Waals surface area contributed by atoms with Crippen molar-refractivity contribution in [1.29, 1.82) is 0 Å². The normalized spacial score (nSPS) is 19.5. The van der Waals surface area contributed by atoms with Gasteiger partial charge in [0.15, 0.2) is 5.69 Å². The largest absolute Gasteiger partial charge is 0.476 e. The summed E-state index contributed by atoms with van der Waals surface area (Å²) in [6.45, 7) is 0.695. The number of carboxylic acid groups (broad SMARTS) is 1. The van der Waals surface area contributed by atoms with Crippen LogP contribution in [-0.4, -0.2) is 39.5 Å². The van der Waals surface area contributed by atoms with Gasteiger partial charge in [0.05, 0.1) is 12.4 Å². The Kier molecular flexibility index (Phi) is 3.17. The van der Waals surface area contributed by atoms with Crippen LogP contribution in [0.1, 0.15) is 23.3 Å². The van der Waals surface area contributed by atoms with Crippen molar-refractivity contribution in [3.63, 3.8) is 0 Å². The summed E-state index contributed by atoms with van der Waals surface area (Å²) in [4.78, 5) is 29.6. The van der Waals surface area contributed by atoms with Crippen molar-refractivity contribution >= 4 is 17.7 Å². The number of carboxylic acids is 1. The zero-order chi connectivity index (χ0) is 12.3. The molecule has 1 amide bonds. The summed E-state index contributed by atoms with van der Waals surface area (Å²) in [5, 5.41) is 14.3. The molecule has 1 aromatic rings. The Balaban J connectivity index is 2.03. The van der Waals surface area contributed by atoms with Crippen LogP contribution in [0.5, 0.6) is 0 Å². The van der Waals surface area contributed by atoms with Gasteiger partial charge in [0.1, 0.15) is 11.9 Å². The Morgan fingerprint density at radius 3 is 2.88 bits per heavy atom. The van der Waals surface area contributed by atoms with E-state index in [9.17, 15) is 9.59 Å². The molecule has 1 aliphatic heterocycles. The second kappa shape index (κ2) is 4.77. The van der Waals surface area contributed by atoms with E-state index in [1.165, 1.54) is 6.20 Å². The van der Waals surface area contributed by atoms with Crippen LogP contribution in [0, 0.1) is 0 Å². The molecule has 1 aromatic heterocycles. The number of anilines is 1. The molecule has 0 aromatic carbocycles. The van der Waals surface area contributed by atoms with Crippen LogP contribution in [0.25, 0.3) is 0 Å². The van der Waals surface area contributed by atoms with Gasteiger partial charge in [-0.05, 0) is 12.8 Å². The number of aromatic carboxylic acids is 1. The maximum Gasteiger partial charge on any atom is 0.356 e. The molecule has 1 aliphatic rings. The molecule has 7 nitrogen and oxygen atoms in total. The molecule has 0 saturated carbocycles. The highest BCUT2D eigenvalue weighted by atomic mass is 16.4. The molecule has 2 heterocycles. The van der Waals surface area contributed by atoms with Crippen molar-refractivity contribution < 1.29 is 14.7 Å². The van der Waals surface area contributed by atoms with Crippen LogP contribution >= 0.6 is 0 Å². The zero-order valence-corrected chi connectivity index (χ0v) is 9.01. The summed E-state index contributed by atoms with van der Waals surface area (Å²) in [5.74, 6) is -0.795. The van der Waals surface area contributed by atoms with Crippen LogP contribution in [-0.2, 0) is 4.79 Å². The van der Waals surface area contributed by atoms with Crippen molar-refractivity contribution in [3.05, 3.63) is 18.1 Å². The van der Waals surface area contributed by atoms with E-state index < -0.39 is 5.97 Å². The third-order valence-electron chi connectivity index (χ3n) is 2.48. The molecule has 7 heteroatoms. The highest BCUT2D eigenvalue weighted by molar-refractivity contribution is 5.86. The first-order valence-corrected chi connectivity index (χ1v) is 5.26. The molecule has 2 rings (SSSR count). The third-order valence-corrected chi connectivity index (χ3v) is 2.48. The minimum atomic E-state index is -1.13. The van der Waals surface area contributed by atoms with E-state index in [1.54, 1.807) is 0 Å². The van der Waals surface area contributed by atoms with Gasteiger partial charge >= 0.3 is 5.97 Å². The van der Waals surface area contributed by atoms with E-state index in [2.05, 4.69) is 20.6 Å². The molecule has 3 N–H and O–H groups in total. The molecule has 17 heavy (non-hydrogen) atoms. The summed E-state index contributed by atoms with van der Waals surface area (Å²) < 4.78 is 0. The Morgan fingerprint density at radius 2 is 2.29 bits per heavy atom. The first kappa shape index (κ1) is 11.3. The smallest absolute Gasteiger partial charge is 0.356 e. The molecule has 1 fully saturated rings. The molecule has 0 bridgehead atoms. The van der Waals surface area contributed by atoms with Crippen LogP contribution in [0.15, 0.2) is 12.4 Å². The fourth-order valence-electron chi connectivity index (χ4n) is 1.60. The van der Waals surface area contributed by atoms with E-state index in [-0.39, 0.29) is 17.6 Å². The Hall–Kier alpha value is -2.18. The third kappa shape index (κ3) is 2.68. The van der Waals surface area contributed by atoms with Crippen LogP contribution in [0.2, 0.25) is 0 Å². The first-order valence-electron chi connectivity index (χ1n) is 5.26. The van der Waals surface area contributed by atoms with Gasteiger partial charge in [0, 0.05) is 6.54 Å². The van der Waals surface area contributed by atoms with Gasteiger partial charge < -0.3 is 15.7 Å². The Bertz CT molecular complexity index is 432. The van der Waals surface area contributed by atoms with Gasteiger partial charge in [-0.25, -0.2) is 14.8 Å². The van der Waals surface area contributed by atoms with Gasteiger partial charge in [0.25, 0.3) is 0 Å².